The first-order chi connectivity index (χ1) is 17.8. The van der Waals surface area contributed by atoms with E-state index < -0.39 is 57.6 Å². The van der Waals surface area contributed by atoms with E-state index in [1.54, 1.807) is 0 Å². The van der Waals surface area contributed by atoms with Gasteiger partial charge in [0.15, 0.2) is 0 Å². The number of halogens is 20. The topological polar surface area (TPSA) is 8.81 Å². The third-order valence-corrected chi connectivity index (χ3v) is 17.7. The Kier molecular flexibility index (Phi) is 11.7. The Morgan fingerprint density at radius 2 is 0.854 bits per heavy atom. The summed E-state index contributed by atoms with van der Waals surface area (Å²) in [6.45, 7) is 3.41. The van der Waals surface area contributed by atoms with E-state index in [0.29, 0.717) is 0 Å². The van der Waals surface area contributed by atoms with Gasteiger partial charge in [-0.05, 0) is 12.8 Å². The van der Waals surface area contributed by atoms with E-state index in [4.69, 9.17) is 0 Å². The van der Waals surface area contributed by atoms with Gasteiger partial charge in [0.1, 0.15) is 12.4 Å². The summed E-state index contributed by atoms with van der Waals surface area (Å²) in [4.78, 5) is 0. The summed E-state index contributed by atoms with van der Waals surface area (Å²) < 4.78 is 222. The first-order valence-electron chi connectivity index (χ1n) is 10.8. The zero-order chi connectivity index (χ0) is 33.3. The fourth-order valence-corrected chi connectivity index (χ4v) is 13.6. The predicted molar refractivity (Wildman–Crippen MR) is 99.5 cm³/mol. The van der Waals surface area contributed by atoms with Crippen molar-refractivity contribution >= 4 is 15.0 Å². The zero-order valence-electron chi connectivity index (χ0n) is 20.3. The zero-order valence-corrected chi connectivity index (χ0v) is 22.7. The Morgan fingerprint density at radius 1 is 0.537 bits per heavy atom. The van der Waals surface area contributed by atoms with Crippen LogP contribution in [0.2, 0.25) is 0 Å². The van der Waals surface area contributed by atoms with Gasteiger partial charge in [0.25, 0.3) is 0 Å². The molecule has 0 atom stereocenters. The van der Waals surface area contributed by atoms with E-state index in [1.807, 2.05) is 0 Å². The molecule has 1 heterocycles. The van der Waals surface area contributed by atoms with Crippen molar-refractivity contribution in [1.29, 1.82) is 0 Å². The number of rotatable bonds is 9. The summed E-state index contributed by atoms with van der Waals surface area (Å²) in [6, 6.07) is 0. The molecular formula is C18H19F20GaN2. The molecule has 0 saturated heterocycles. The van der Waals surface area contributed by atoms with Crippen LogP contribution in [0.3, 0.4) is 0 Å². The number of nitrogens with zero attached hydrogens (tertiary/aromatic N) is 2. The van der Waals surface area contributed by atoms with Gasteiger partial charge < -0.3 is 0 Å². The molecule has 0 amide bonds. The maximum atomic E-state index is 13.4. The second-order valence-corrected chi connectivity index (χ2v) is 18.4. The van der Waals surface area contributed by atoms with Crippen molar-refractivity contribution in [3.05, 3.63) is 18.7 Å². The van der Waals surface area contributed by atoms with Gasteiger partial charge in [-0.2, -0.15) is 0 Å². The number of alkyl halides is 20. The number of aromatic nitrogens is 2. The van der Waals surface area contributed by atoms with Gasteiger partial charge >= 0.3 is 145 Å². The second-order valence-electron chi connectivity index (χ2n) is 8.73. The SMILES string of the molecule is CCCCCCn1cc[n+](C)c1.FC(F)(F)[C](F)(F)[Ga-]([C](F)(F)C(F)(F)F)([C](F)(F)C(F)(F)F)[C](F)(F)C(F)(F)F. The average molecular weight is 713 g/mol. The molecule has 41 heavy (non-hydrogen) atoms. The molecule has 0 fully saturated rings. The quantitative estimate of drug-likeness (QED) is 0.106. The monoisotopic (exact) mass is 712 g/mol. The van der Waals surface area contributed by atoms with Crippen molar-refractivity contribution in [2.24, 2.45) is 7.05 Å². The molecule has 1 rings (SSSR count). The van der Waals surface area contributed by atoms with Crippen LogP contribution in [-0.2, 0) is 13.6 Å². The first kappa shape index (κ1) is 39.4. The molecule has 0 radical (unpaired) electrons. The number of imidazole rings is 1. The Labute approximate surface area is 220 Å². The predicted octanol–water partition coefficient (Wildman–Crippen LogP) is 8.28. The van der Waals surface area contributed by atoms with Gasteiger partial charge in [-0.15, -0.1) is 0 Å². The van der Waals surface area contributed by atoms with Gasteiger partial charge in [-0.25, -0.2) is 9.13 Å². The summed E-state index contributed by atoms with van der Waals surface area (Å²) in [7, 11) is 2.06. The standard InChI is InChI=1S/C10H19N2.4C2F5.Ga/c1-3-4-5-6-7-12-9-8-11(2)10-12;4*3-1(4)2(5,6)7;/h8-10H,3-7H2,1-2H3;;;;;/q+1;;;;;-1. The Morgan fingerprint density at radius 3 is 1.07 bits per heavy atom. The summed E-state index contributed by atoms with van der Waals surface area (Å²) in [6.07, 6.45) is -22.4. The van der Waals surface area contributed by atoms with Gasteiger partial charge in [0.2, 0.25) is 6.33 Å². The van der Waals surface area contributed by atoms with Crippen LogP contribution in [0, 0.1) is 0 Å². The third kappa shape index (κ3) is 6.99. The van der Waals surface area contributed by atoms with Gasteiger partial charge in [-0.3, -0.25) is 0 Å². The molecule has 1 aromatic heterocycles. The van der Waals surface area contributed by atoms with Gasteiger partial charge in [0.05, 0.1) is 13.6 Å². The molecule has 0 N–H and O–H groups in total. The molecule has 0 aromatic carbocycles. The molecule has 244 valence electrons. The molecule has 0 aliphatic heterocycles. The van der Waals surface area contributed by atoms with E-state index in [0.717, 1.165) is 0 Å². The van der Waals surface area contributed by atoms with E-state index >= 15 is 0 Å². The Balaban J connectivity index is 0.00000110. The molecule has 0 aliphatic carbocycles. The van der Waals surface area contributed by atoms with Crippen molar-refractivity contribution in [1.82, 2.24) is 4.57 Å². The summed E-state index contributed by atoms with van der Waals surface area (Å²) in [5, 5.41) is 0. The Hall–Kier alpha value is -1.55. The van der Waals surface area contributed by atoms with Crippen molar-refractivity contribution in [3.63, 3.8) is 0 Å². The molecule has 23 heteroatoms. The van der Waals surface area contributed by atoms with Crippen molar-refractivity contribution in [3.8, 4) is 0 Å². The first-order valence-corrected chi connectivity index (χ1v) is 15.6. The normalized spacial score (nSPS) is 15.1. The van der Waals surface area contributed by atoms with Crippen LogP contribution in [0.4, 0.5) is 87.8 Å². The minimum atomic E-state index is -13.1. The van der Waals surface area contributed by atoms with E-state index in [2.05, 4.69) is 41.8 Å². The van der Waals surface area contributed by atoms with Gasteiger partial charge in [0, 0.05) is 0 Å². The molecule has 0 aliphatic rings. The van der Waals surface area contributed by atoms with E-state index in [9.17, 15) is 87.8 Å². The molecule has 2 nitrogen and oxygen atoms in total. The number of hydrogen-bond donors (Lipinski definition) is 0. The van der Waals surface area contributed by atoms with Crippen LogP contribution in [0.15, 0.2) is 18.7 Å². The summed E-state index contributed by atoms with van der Waals surface area (Å²) in [5.41, 5.74) is 0. The molecular weight excluding hydrogens is 694 g/mol. The van der Waals surface area contributed by atoms with Crippen LogP contribution in [0.25, 0.3) is 0 Å². The molecule has 0 saturated carbocycles. The fourth-order valence-electron chi connectivity index (χ4n) is 3.70. The minimum absolute atomic E-state index is 1.17. The second kappa shape index (κ2) is 12.2. The van der Waals surface area contributed by atoms with Gasteiger partial charge in [-0.1, -0.05) is 19.8 Å². The summed E-state index contributed by atoms with van der Waals surface area (Å²) >= 11 is -13.1. The molecule has 0 bridgehead atoms. The molecule has 0 spiro atoms. The molecule has 0 unspecified atom stereocenters. The number of hydrogen-bond acceptors (Lipinski definition) is 0. The van der Waals surface area contributed by atoms with Crippen molar-refractivity contribution < 1.29 is 92.4 Å². The van der Waals surface area contributed by atoms with Crippen molar-refractivity contribution in [2.75, 3.05) is 0 Å². The number of unbranched alkanes of at least 4 members (excludes halogenated alkanes) is 3. The third-order valence-electron chi connectivity index (χ3n) is 5.78. The van der Waals surface area contributed by atoms with Crippen LogP contribution in [0.5, 0.6) is 0 Å². The fraction of sp³-hybridized carbons (Fsp3) is 0.833. The van der Waals surface area contributed by atoms with E-state index in [1.165, 1.54) is 32.2 Å². The van der Waals surface area contributed by atoms with Crippen molar-refractivity contribution in [2.45, 2.75) is 81.8 Å². The van der Waals surface area contributed by atoms with Crippen LogP contribution < -0.4 is 4.57 Å². The Bertz CT molecular complexity index is 859. The maximum absolute atomic E-state index is 13.4. The average Bonchev–Trinajstić information content (AvgIpc) is 3.13. The van der Waals surface area contributed by atoms with Crippen LogP contribution in [0.1, 0.15) is 32.6 Å². The van der Waals surface area contributed by atoms with Crippen LogP contribution >= 0.6 is 0 Å². The summed E-state index contributed by atoms with van der Waals surface area (Å²) in [5.74, 6) is 0. The van der Waals surface area contributed by atoms with E-state index in [-0.39, 0.29) is 0 Å². The number of aryl methyl sites for hydroxylation is 2. The molecule has 1 aromatic rings. The van der Waals surface area contributed by atoms with Crippen LogP contribution in [-0.4, -0.2) is 62.2 Å².